The van der Waals surface area contributed by atoms with E-state index in [4.69, 9.17) is 0 Å². The van der Waals surface area contributed by atoms with Crippen LogP contribution >= 0.6 is 0 Å². The van der Waals surface area contributed by atoms with Gasteiger partial charge in [-0.15, -0.1) is 0 Å². The molecule has 132 valence electrons. The van der Waals surface area contributed by atoms with E-state index in [1.54, 1.807) is 0 Å². The summed E-state index contributed by atoms with van der Waals surface area (Å²) in [5, 5.41) is 0. The number of ketones is 1. The zero-order valence-electron chi connectivity index (χ0n) is 15.8. The summed E-state index contributed by atoms with van der Waals surface area (Å²) in [4.78, 5) is 11.4. The Labute approximate surface area is 140 Å². The highest BCUT2D eigenvalue weighted by atomic mass is 16.1. The number of hydrogen-bond acceptors (Lipinski definition) is 1. The van der Waals surface area contributed by atoms with Gasteiger partial charge >= 0.3 is 0 Å². The molecule has 0 spiro atoms. The van der Waals surface area contributed by atoms with Crippen LogP contribution in [0.25, 0.3) is 0 Å². The summed E-state index contributed by atoms with van der Waals surface area (Å²) >= 11 is 0. The maximum absolute atomic E-state index is 11.4. The van der Waals surface area contributed by atoms with Crippen LogP contribution < -0.4 is 0 Å². The first kappa shape index (κ1) is 21.7. The monoisotopic (exact) mass is 310 g/mol. The van der Waals surface area contributed by atoms with Gasteiger partial charge in [-0.1, -0.05) is 97.8 Å². The molecule has 0 bridgehead atoms. The van der Waals surface area contributed by atoms with Crippen LogP contribution in [0.3, 0.4) is 0 Å². The van der Waals surface area contributed by atoms with Gasteiger partial charge in [0.25, 0.3) is 0 Å². The average molecular weight is 311 g/mol. The summed E-state index contributed by atoms with van der Waals surface area (Å²) in [6, 6.07) is 0. The fraction of sp³-hybridized carbons (Fsp3) is 0.952. The molecule has 0 aromatic rings. The summed E-state index contributed by atoms with van der Waals surface area (Å²) < 4.78 is 0. The molecule has 0 aliphatic heterocycles. The lowest BCUT2D eigenvalue weighted by Gasteiger charge is -2.05. The number of carbonyl (C=O) groups is 1. The Hall–Kier alpha value is -0.330. The summed E-state index contributed by atoms with van der Waals surface area (Å²) in [5.74, 6) is 1.35. The maximum atomic E-state index is 11.4. The lowest BCUT2D eigenvalue weighted by atomic mass is 10.0. The van der Waals surface area contributed by atoms with Crippen molar-refractivity contribution in [2.45, 2.75) is 124 Å². The molecule has 0 heterocycles. The van der Waals surface area contributed by atoms with Gasteiger partial charge in [-0.25, -0.2) is 0 Å². The van der Waals surface area contributed by atoms with Gasteiger partial charge in [0, 0.05) is 12.8 Å². The van der Waals surface area contributed by atoms with Crippen LogP contribution in [-0.2, 0) is 4.79 Å². The molecular formula is C21H42O. The summed E-state index contributed by atoms with van der Waals surface area (Å²) in [5.41, 5.74) is 0. The highest BCUT2D eigenvalue weighted by Gasteiger charge is 1.99. The standard InChI is InChI=1S/C21H42O/c1-4-17-21(22)19-16-14-12-10-8-6-5-7-9-11-13-15-18-20(2)3/h20H,4-19H2,1-3H3. The van der Waals surface area contributed by atoms with Crippen LogP contribution in [0.1, 0.15) is 124 Å². The minimum atomic E-state index is 0.468. The van der Waals surface area contributed by atoms with Gasteiger partial charge in [0.05, 0.1) is 0 Å². The molecule has 0 aromatic heterocycles. The Bertz CT molecular complexity index is 232. The van der Waals surface area contributed by atoms with Crippen molar-refractivity contribution in [2.75, 3.05) is 0 Å². The van der Waals surface area contributed by atoms with Gasteiger partial charge in [0.2, 0.25) is 0 Å². The number of carbonyl (C=O) groups excluding carboxylic acids is 1. The average Bonchev–Trinajstić information content (AvgIpc) is 2.47. The molecule has 0 aliphatic rings. The molecular weight excluding hydrogens is 268 g/mol. The van der Waals surface area contributed by atoms with Gasteiger partial charge in [0.1, 0.15) is 5.78 Å². The van der Waals surface area contributed by atoms with Crippen LogP contribution in [0.5, 0.6) is 0 Å². The van der Waals surface area contributed by atoms with E-state index >= 15 is 0 Å². The van der Waals surface area contributed by atoms with Crippen molar-refractivity contribution < 1.29 is 4.79 Å². The minimum Gasteiger partial charge on any atom is -0.300 e. The van der Waals surface area contributed by atoms with Crippen LogP contribution in [0.2, 0.25) is 0 Å². The molecule has 0 rings (SSSR count). The van der Waals surface area contributed by atoms with Gasteiger partial charge in [-0.05, 0) is 18.8 Å². The number of rotatable bonds is 17. The second kappa shape index (κ2) is 17.0. The van der Waals surface area contributed by atoms with Gasteiger partial charge < -0.3 is 0 Å². The van der Waals surface area contributed by atoms with E-state index in [9.17, 15) is 4.79 Å². The molecule has 0 amide bonds. The van der Waals surface area contributed by atoms with Crippen molar-refractivity contribution in [3.63, 3.8) is 0 Å². The highest BCUT2D eigenvalue weighted by molar-refractivity contribution is 5.78. The predicted octanol–water partition coefficient (Wildman–Crippen LogP) is 7.47. The number of Topliss-reactive ketones (excluding diaryl/α,β-unsaturated/α-hetero) is 1. The Morgan fingerprint density at radius 3 is 1.45 bits per heavy atom. The quantitative estimate of drug-likeness (QED) is 0.255. The zero-order valence-corrected chi connectivity index (χ0v) is 15.8. The van der Waals surface area contributed by atoms with Crippen LogP contribution in [0.4, 0.5) is 0 Å². The minimum absolute atomic E-state index is 0.468. The summed E-state index contributed by atoms with van der Waals surface area (Å²) in [7, 11) is 0. The van der Waals surface area contributed by atoms with Crippen LogP contribution in [-0.4, -0.2) is 5.78 Å². The van der Waals surface area contributed by atoms with Gasteiger partial charge in [-0.2, -0.15) is 0 Å². The predicted molar refractivity (Wildman–Crippen MR) is 99.4 cm³/mol. The van der Waals surface area contributed by atoms with Crippen molar-refractivity contribution >= 4 is 5.78 Å². The fourth-order valence-corrected chi connectivity index (χ4v) is 3.05. The molecule has 0 aromatic carbocycles. The largest absolute Gasteiger partial charge is 0.300 e. The molecule has 0 saturated carbocycles. The topological polar surface area (TPSA) is 17.1 Å². The third kappa shape index (κ3) is 17.7. The van der Waals surface area contributed by atoms with Crippen molar-refractivity contribution in [1.29, 1.82) is 0 Å². The van der Waals surface area contributed by atoms with Crippen molar-refractivity contribution in [3.05, 3.63) is 0 Å². The maximum Gasteiger partial charge on any atom is 0.132 e. The molecule has 1 nitrogen and oxygen atoms in total. The second-order valence-electron chi connectivity index (χ2n) is 7.46. The Morgan fingerprint density at radius 1 is 0.636 bits per heavy atom. The lowest BCUT2D eigenvalue weighted by Crippen LogP contribution is -1.96. The molecule has 0 fully saturated rings. The van der Waals surface area contributed by atoms with E-state index in [0.29, 0.717) is 5.78 Å². The van der Waals surface area contributed by atoms with Gasteiger partial charge in [0.15, 0.2) is 0 Å². The van der Waals surface area contributed by atoms with Gasteiger partial charge in [-0.3, -0.25) is 4.79 Å². The number of hydrogen-bond donors (Lipinski definition) is 0. The zero-order chi connectivity index (χ0) is 16.5. The first-order chi connectivity index (χ1) is 10.7. The number of unbranched alkanes of at least 4 members (excludes halogenated alkanes) is 11. The highest BCUT2D eigenvalue weighted by Crippen LogP contribution is 2.14. The molecule has 1 heteroatoms. The molecule has 22 heavy (non-hydrogen) atoms. The SMILES string of the molecule is CCCC(=O)CCCCCCCCCCCCCCC(C)C. The molecule has 0 radical (unpaired) electrons. The Kier molecular flexibility index (Phi) is 16.8. The molecule has 0 aliphatic carbocycles. The van der Waals surface area contributed by atoms with E-state index < -0.39 is 0 Å². The molecule has 0 unspecified atom stereocenters. The van der Waals surface area contributed by atoms with Crippen LogP contribution in [0.15, 0.2) is 0 Å². The second-order valence-corrected chi connectivity index (χ2v) is 7.46. The van der Waals surface area contributed by atoms with E-state index in [1.165, 1.54) is 77.0 Å². The Balaban J connectivity index is 3.04. The van der Waals surface area contributed by atoms with Crippen molar-refractivity contribution in [2.24, 2.45) is 5.92 Å². The molecule has 0 N–H and O–H groups in total. The normalized spacial score (nSPS) is 11.3. The lowest BCUT2D eigenvalue weighted by molar-refractivity contribution is -0.119. The third-order valence-corrected chi connectivity index (χ3v) is 4.52. The van der Waals surface area contributed by atoms with E-state index in [0.717, 1.165) is 31.6 Å². The fourth-order valence-electron chi connectivity index (χ4n) is 3.05. The Morgan fingerprint density at radius 2 is 1.05 bits per heavy atom. The summed E-state index contributed by atoms with van der Waals surface area (Å²) in [6.45, 7) is 6.73. The first-order valence-electron chi connectivity index (χ1n) is 10.2. The summed E-state index contributed by atoms with van der Waals surface area (Å²) in [6.07, 6.45) is 20.5. The molecule has 0 saturated heterocycles. The third-order valence-electron chi connectivity index (χ3n) is 4.52. The van der Waals surface area contributed by atoms with E-state index in [-0.39, 0.29) is 0 Å². The first-order valence-corrected chi connectivity index (χ1v) is 10.2. The molecule has 0 atom stereocenters. The smallest absolute Gasteiger partial charge is 0.132 e. The van der Waals surface area contributed by atoms with E-state index in [2.05, 4.69) is 20.8 Å². The van der Waals surface area contributed by atoms with Crippen molar-refractivity contribution in [3.8, 4) is 0 Å². The van der Waals surface area contributed by atoms with Crippen molar-refractivity contribution in [1.82, 2.24) is 0 Å². The van der Waals surface area contributed by atoms with Crippen LogP contribution in [0, 0.1) is 5.92 Å². The van der Waals surface area contributed by atoms with E-state index in [1.807, 2.05) is 0 Å².